The molecule has 6 rings (SSSR count). The number of fused-ring (bicyclic) bond motifs is 1. The molecule has 3 aliphatic heterocycles. The second-order valence-corrected chi connectivity index (χ2v) is 18.2. The molecule has 3 aromatic carbocycles. The van der Waals surface area contributed by atoms with E-state index in [1.807, 2.05) is 18.2 Å². The van der Waals surface area contributed by atoms with E-state index in [1.165, 1.54) is 18.0 Å². The van der Waals surface area contributed by atoms with Gasteiger partial charge in [0.15, 0.2) is 24.8 Å². The molecule has 1 N–H and O–H groups in total. The second kappa shape index (κ2) is 21.9. The number of alkyl halides is 6. The van der Waals surface area contributed by atoms with Crippen LogP contribution in [0.3, 0.4) is 0 Å². The topological polar surface area (TPSA) is 176 Å². The fourth-order valence-electron chi connectivity index (χ4n) is 6.97. The Hall–Kier alpha value is -4.18. The van der Waals surface area contributed by atoms with Crippen LogP contribution in [0.15, 0.2) is 94.8 Å². The molecule has 3 heterocycles. The number of nitrogens with zero attached hydrogens (tertiary/aromatic N) is 1. The van der Waals surface area contributed by atoms with Crippen LogP contribution in [0.2, 0.25) is 0 Å². The number of esters is 3. The van der Waals surface area contributed by atoms with Crippen molar-refractivity contribution in [2.24, 2.45) is 4.99 Å². The van der Waals surface area contributed by atoms with E-state index in [-0.39, 0.29) is 12.2 Å². The van der Waals surface area contributed by atoms with E-state index in [4.69, 9.17) is 77.4 Å². The minimum Gasteiger partial charge on any atom is -0.463 e. The lowest BCUT2D eigenvalue weighted by molar-refractivity contribution is -0.343. The highest BCUT2D eigenvalue weighted by atomic mass is 35.6. The molecule has 0 bridgehead atoms. The summed E-state index contributed by atoms with van der Waals surface area (Å²) < 4.78 is 93.1. The maximum atomic E-state index is 13.6. The Balaban J connectivity index is 1.47. The highest BCUT2D eigenvalue weighted by Crippen LogP contribution is 2.42. The number of amides is 1. The number of aliphatic imine (C=N–C) groups is 1. The van der Waals surface area contributed by atoms with Gasteiger partial charge in [-0.2, -0.15) is 13.2 Å². The number of hydrogen-bond donors (Lipinski definition) is 1. The predicted octanol–water partition coefficient (Wildman–Crippen LogP) is 7.13. The van der Waals surface area contributed by atoms with E-state index < -0.39 is 119 Å². The van der Waals surface area contributed by atoms with E-state index in [0.29, 0.717) is 10.5 Å². The number of alkyl carbamates (subject to hydrolysis) is 1. The first-order valence-corrected chi connectivity index (χ1v) is 21.5. The quantitative estimate of drug-likeness (QED) is 0.0793. The third-order valence-electron chi connectivity index (χ3n) is 9.65. The van der Waals surface area contributed by atoms with Crippen LogP contribution in [-0.4, -0.2) is 114 Å². The molecule has 0 aliphatic carbocycles. The number of nitrogens with one attached hydrogen (secondary N) is 1. The summed E-state index contributed by atoms with van der Waals surface area (Å²) >= 11 is 18.9. The Morgan fingerprint density at radius 1 is 0.812 bits per heavy atom. The minimum absolute atomic E-state index is 0.0406. The number of benzene rings is 3. The maximum Gasteiger partial charge on any atom is 0.416 e. The van der Waals surface area contributed by atoms with Crippen LogP contribution < -0.4 is 5.32 Å². The Morgan fingerprint density at radius 3 is 2.06 bits per heavy atom. The van der Waals surface area contributed by atoms with Gasteiger partial charge in [-0.25, -0.2) is 4.79 Å². The van der Waals surface area contributed by atoms with Crippen molar-refractivity contribution in [1.82, 2.24) is 5.32 Å². The van der Waals surface area contributed by atoms with Crippen molar-refractivity contribution in [1.29, 1.82) is 0 Å². The zero-order valence-corrected chi connectivity index (χ0v) is 37.1. The average molecular weight is 978 g/mol. The monoisotopic (exact) mass is 976 g/mol. The van der Waals surface area contributed by atoms with E-state index in [9.17, 15) is 32.3 Å². The third-order valence-corrected chi connectivity index (χ3v) is 11.2. The van der Waals surface area contributed by atoms with Crippen molar-refractivity contribution in [3.8, 4) is 0 Å². The van der Waals surface area contributed by atoms with Crippen LogP contribution in [-0.2, 0) is 63.2 Å². The fraction of sp³-hybridized carbons (Fsp3) is 0.452. The summed E-state index contributed by atoms with van der Waals surface area (Å²) in [6.07, 6.45) is -14.8. The first-order valence-electron chi connectivity index (χ1n) is 19.5. The Labute approximate surface area is 384 Å². The molecule has 11 atom stereocenters. The first kappa shape index (κ1) is 49.3. The van der Waals surface area contributed by atoms with Gasteiger partial charge in [0.2, 0.25) is 3.79 Å². The van der Waals surface area contributed by atoms with Gasteiger partial charge in [-0.15, -0.1) is 0 Å². The molecule has 3 aromatic rings. The third kappa shape index (κ3) is 13.7. The summed E-state index contributed by atoms with van der Waals surface area (Å²) in [5.41, 5.74) is -1.11. The number of carbonyl (C=O) groups is 4. The molecular weight excluding hydrogens is 936 g/mol. The van der Waals surface area contributed by atoms with Crippen LogP contribution in [0, 0.1) is 0 Å². The highest BCUT2D eigenvalue weighted by molar-refractivity contribution is 7.99. The van der Waals surface area contributed by atoms with Crippen LogP contribution >= 0.6 is 46.6 Å². The largest absolute Gasteiger partial charge is 0.463 e. The summed E-state index contributed by atoms with van der Waals surface area (Å²) in [4.78, 5) is 56.4. The first-order chi connectivity index (χ1) is 30.3. The van der Waals surface area contributed by atoms with Gasteiger partial charge in [0.05, 0.1) is 18.2 Å². The number of thioether (sulfide) groups is 1. The Kier molecular flexibility index (Phi) is 16.8. The molecule has 0 aromatic heterocycles. The molecule has 0 unspecified atom stereocenters. The molecule has 22 heteroatoms. The van der Waals surface area contributed by atoms with Gasteiger partial charge in [0.1, 0.15) is 49.1 Å². The molecule has 0 spiro atoms. The van der Waals surface area contributed by atoms with E-state index in [2.05, 4.69) is 10.3 Å². The lowest BCUT2D eigenvalue weighted by Crippen LogP contribution is -2.69. The fourth-order valence-corrected chi connectivity index (χ4v) is 8.28. The SMILES string of the molecule is CC(=O)OC[C@H]1O[C@H](O[C@@H]2[C@@H](NC(=O)OCC(Cl)(Cl)Cl)[C@H](Sc3ccccc3)O[C@@H]3CO[C@@H](c4ccccc4)O[C@@H]23)[C@H](N=Cc2ccc(C(F)(F)F)cc2)[C@@H](OC(C)=O)[C@@H]1OC(C)=O. The minimum atomic E-state index is -4.62. The molecule has 64 heavy (non-hydrogen) atoms. The molecule has 3 aliphatic rings. The van der Waals surface area contributed by atoms with Crippen molar-refractivity contribution in [3.05, 3.63) is 102 Å². The molecule has 0 radical (unpaired) electrons. The highest BCUT2D eigenvalue weighted by Gasteiger charge is 2.57. The summed E-state index contributed by atoms with van der Waals surface area (Å²) in [6.45, 7) is 2.07. The second-order valence-electron chi connectivity index (χ2n) is 14.5. The zero-order valence-electron chi connectivity index (χ0n) is 34.1. The van der Waals surface area contributed by atoms with Gasteiger partial charge in [-0.3, -0.25) is 19.4 Å². The van der Waals surface area contributed by atoms with Crippen LogP contribution in [0.4, 0.5) is 18.0 Å². The van der Waals surface area contributed by atoms with Gasteiger partial charge in [-0.1, -0.05) is 107 Å². The van der Waals surface area contributed by atoms with Gasteiger partial charge < -0.3 is 47.9 Å². The zero-order chi connectivity index (χ0) is 46.2. The molecule has 3 fully saturated rings. The number of halogens is 6. The normalized spacial score (nSPS) is 28.4. The molecular formula is C42H42Cl3F3N2O13S. The number of hydrogen-bond acceptors (Lipinski definition) is 15. The van der Waals surface area contributed by atoms with Crippen molar-refractivity contribution in [2.75, 3.05) is 19.8 Å². The number of ether oxygens (including phenoxy) is 9. The van der Waals surface area contributed by atoms with Gasteiger partial charge in [0, 0.05) is 37.4 Å². The average Bonchev–Trinajstić information content (AvgIpc) is 3.23. The standard InChI is InChI=1S/C42H42Cl3F3N2O13S/c1-22(51)55-19-29-33(58-23(2)52)35(59-24(3)53)31(49-18-25-14-16-27(17-15-25)42(46,47)48)38(60-29)63-36-32(50-40(54)57-21-41(43,44)45)39(64-28-12-8-5-9-13-28)61-30-20-56-37(62-34(30)36)26-10-6-4-7-11-26/h4-18,29-39H,19-21H2,1-3H3,(H,50,54)/t29-,30-,31-,32-,33-,34-,35-,36-,37-,38-,39+/m1/s1. The lowest BCUT2D eigenvalue weighted by Gasteiger charge is -2.51. The van der Waals surface area contributed by atoms with Crippen molar-refractivity contribution in [3.63, 3.8) is 0 Å². The van der Waals surface area contributed by atoms with Crippen LogP contribution in [0.25, 0.3) is 0 Å². The maximum absolute atomic E-state index is 13.6. The van der Waals surface area contributed by atoms with Gasteiger partial charge in [-0.05, 0) is 29.8 Å². The Morgan fingerprint density at radius 2 is 1.45 bits per heavy atom. The van der Waals surface area contributed by atoms with Crippen molar-refractivity contribution in [2.45, 2.75) is 102 Å². The summed E-state index contributed by atoms with van der Waals surface area (Å²) in [7, 11) is 0. The lowest BCUT2D eigenvalue weighted by atomic mass is 9.94. The summed E-state index contributed by atoms with van der Waals surface area (Å²) in [6, 6.07) is 19.3. The van der Waals surface area contributed by atoms with Crippen molar-refractivity contribution < 1.29 is 75.0 Å². The van der Waals surface area contributed by atoms with E-state index in [0.717, 1.165) is 45.0 Å². The Bertz CT molecular complexity index is 2090. The van der Waals surface area contributed by atoms with Crippen LogP contribution in [0.5, 0.6) is 0 Å². The van der Waals surface area contributed by atoms with Gasteiger partial charge >= 0.3 is 30.2 Å². The smallest absolute Gasteiger partial charge is 0.416 e. The van der Waals surface area contributed by atoms with Crippen molar-refractivity contribution >= 4 is 76.8 Å². The molecule has 15 nitrogen and oxygen atoms in total. The molecule has 1 amide bonds. The summed E-state index contributed by atoms with van der Waals surface area (Å²) in [5.74, 6) is -2.43. The van der Waals surface area contributed by atoms with Gasteiger partial charge in [0.25, 0.3) is 0 Å². The molecule has 3 saturated heterocycles. The predicted molar refractivity (Wildman–Crippen MR) is 224 cm³/mol. The number of rotatable bonds is 13. The molecule has 346 valence electrons. The van der Waals surface area contributed by atoms with E-state index >= 15 is 0 Å². The van der Waals surface area contributed by atoms with Crippen LogP contribution in [0.1, 0.15) is 43.8 Å². The molecule has 0 saturated carbocycles. The van der Waals surface area contributed by atoms with E-state index in [1.54, 1.807) is 42.5 Å². The number of carbonyl (C=O) groups excluding carboxylic acids is 4. The summed E-state index contributed by atoms with van der Waals surface area (Å²) in [5, 5.41) is 2.77.